The van der Waals surface area contributed by atoms with Crippen molar-refractivity contribution in [3.8, 4) is 0 Å². The van der Waals surface area contributed by atoms with Gasteiger partial charge in [-0.05, 0) is 72.5 Å². The average molecular weight is 619 g/mol. The summed E-state index contributed by atoms with van der Waals surface area (Å²) in [6.45, 7) is 2.00. The molecule has 0 bridgehead atoms. The summed E-state index contributed by atoms with van der Waals surface area (Å²) in [6.07, 6.45) is 6.58. The van der Waals surface area contributed by atoms with Crippen molar-refractivity contribution in [2.24, 2.45) is 11.8 Å². The summed E-state index contributed by atoms with van der Waals surface area (Å²) in [5.41, 5.74) is -4.40. The number of aliphatic hydroxyl groups is 3. The Morgan fingerprint density at radius 3 is 2.61 bits per heavy atom. The van der Waals surface area contributed by atoms with Crippen LogP contribution in [0.15, 0.2) is 34.2 Å². The van der Waals surface area contributed by atoms with E-state index in [-0.39, 0.29) is 24.7 Å². The van der Waals surface area contributed by atoms with Gasteiger partial charge in [-0.3, -0.25) is 4.79 Å². The Bertz CT molecular complexity index is 1020. The Labute approximate surface area is 221 Å². The Morgan fingerprint density at radius 1 is 1.31 bits per heavy atom. The molecular weight excluding hydrogens is 587 g/mol. The molecule has 1 aliphatic rings. The molecule has 0 aromatic carbocycles. The SMILES string of the molecule is Cc1cc(CC[C@H](O)/C=C/[C@@H]2[C@@H](C/C=C\CCCC(=O)NS(=O)(=O)C(F)(F)F)[C@@H](O)C[C@H]2O)sc1Br. The number of thiophene rings is 1. The molecule has 0 spiro atoms. The third-order valence-corrected chi connectivity index (χ3v) is 9.27. The Kier molecular flexibility index (Phi) is 11.6. The van der Waals surface area contributed by atoms with Crippen molar-refractivity contribution in [2.45, 2.75) is 75.7 Å². The molecule has 36 heavy (non-hydrogen) atoms. The number of carbonyl (C=O) groups is 1. The fraction of sp³-hybridized carbons (Fsp3) is 0.609. The van der Waals surface area contributed by atoms with Crippen LogP contribution in [0.25, 0.3) is 0 Å². The first-order valence-corrected chi connectivity index (χ1v) is 14.5. The van der Waals surface area contributed by atoms with Crippen LogP contribution in [0.2, 0.25) is 0 Å². The molecule has 2 rings (SSSR count). The van der Waals surface area contributed by atoms with Crippen LogP contribution in [0.4, 0.5) is 13.2 Å². The summed E-state index contributed by atoms with van der Waals surface area (Å²) >= 11 is 5.11. The van der Waals surface area contributed by atoms with Crippen LogP contribution >= 0.6 is 27.3 Å². The van der Waals surface area contributed by atoms with E-state index in [1.165, 1.54) is 0 Å². The molecule has 1 amide bonds. The molecule has 1 aromatic heterocycles. The molecule has 0 aliphatic heterocycles. The van der Waals surface area contributed by atoms with Crippen molar-refractivity contribution in [2.75, 3.05) is 0 Å². The lowest BCUT2D eigenvalue weighted by molar-refractivity contribution is -0.120. The highest BCUT2D eigenvalue weighted by Crippen LogP contribution is 2.36. The van der Waals surface area contributed by atoms with E-state index in [9.17, 15) is 41.7 Å². The maximum atomic E-state index is 12.3. The first-order valence-electron chi connectivity index (χ1n) is 11.5. The second-order valence-corrected chi connectivity index (χ2v) is 13.0. The summed E-state index contributed by atoms with van der Waals surface area (Å²) < 4.78 is 60.7. The van der Waals surface area contributed by atoms with E-state index in [0.29, 0.717) is 25.7 Å². The summed E-state index contributed by atoms with van der Waals surface area (Å²) in [4.78, 5) is 12.6. The van der Waals surface area contributed by atoms with Crippen molar-refractivity contribution >= 4 is 43.2 Å². The van der Waals surface area contributed by atoms with E-state index in [0.717, 1.165) is 18.9 Å². The van der Waals surface area contributed by atoms with Crippen molar-refractivity contribution in [3.05, 3.63) is 44.6 Å². The van der Waals surface area contributed by atoms with Gasteiger partial charge in [-0.25, -0.2) is 4.72 Å². The molecule has 5 atom stereocenters. The standard InChI is InChI=1S/C23H31BrF3NO6S2/c1-14-12-16(35-22(14)24)10-8-15(29)9-11-18-17(19(30)13-20(18)31)6-4-2-3-5-7-21(32)28-36(33,34)23(25,26)27/h2,4,9,11-12,15,17-20,29-31H,3,5-8,10,13H2,1H3,(H,28,32)/b4-2-,11-9+/t15-,17+,18+,19-,20+/m0/s1. The Hall–Kier alpha value is -1.25. The van der Waals surface area contributed by atoms with Gasteiger partial charge in [0.25, 0.3) is 0 Å². The molecule has 204 valence electrons. The lowest BCUT2D eigenvalue weighted by Crippen LogP contribution is -2.40. The summed E-state index contributed by atoms with van der Waals surface area (Å²) in [7, 11) is -5.70. The largest absolute Gasteiger partial charge is 0.516 e. The van der Waals surface area contributed by atoms with Crippen molar-refractivity contribution in [1.29, 1.82) is 0 Å². The fourth-order valence-corrected chi connectivity index (χ4v) is 6.17. The third-order valence-electron chi connectivity index (χ3n) is 5.97. The molecule has 1 fully saturated rings. The van der Waals surface area contributed by atoms with Gasteiger partial charge in [-0.2, -0.15) is 21.6 Å². The van der Waals surface area contributed by atoms with E-state index in [2.05, 4.69) is 22.0 Å². The number of halogens is 4. The highest BCUT2D eigenvalue weighted by Gasteiger charge is 2.46. The van der Waals surface area contributed by atoms with Gasteiger partial charge in [0.2, 0.25) is 5.91 Å². The monoisotopic (exact) mass is 617 g/mol. The number of unbranched alkanes of at least 4 members (excludes halogenated alkanes) is 1. The van der Waals surface area contributed by atoms with E-state index < -0.39 is 46.2 Å². The summed E-state index contributed by atoms with van der Waals surface area (Å²) in [5, 5.41) is 31.0. The quantitative estimate of drug-likeness (QED) is 0.207. The summed E-state index contributed by atoms with van der Waals surface area (Å²) in [6, 6.07) is 2.07. The molecule has 0 unspecified atom stereocenters. The number of carbonyl (C=O) groups excluding carboxylic acids is 1. The number of aryl methyl sites for hydroxylation is 2. The molecule has 1 aliphatic carbocycles. The molecule has 1 aromatic rings. The number of rotatable bonds is 12. The lowest BCUT2D eigenvalue weighted by atomic mass is 9.89. The highest BCUT2D eigenvalue weighted by molar-refractivity contribution is 9.11. The zero-order chi connectivity index (χ0) is 27.1. The predicted octanol–water partition coefficient (Wildman–Crippen LogP) is 4.11. The summed E-state index contributed by atoms with van der Waals surface area (Å²) in [5.74, 6) is -1.87. The van der Waals surface area contributed by atoms with Crippen molar-refractivity contribution in [3.63, 3.8) is 0 Å². The number of alkyl halides is 3. The second-order valence-electron chi connectivity index (χ2n) is 8.85. The van der Waals surface area contributed by atoms with Gasteiger partial charge in [-0.15, -0.1) is 11.3 Å². The van der Waals surface area contributed by atoms with Crippen LogP contribution in [0.5, 0.6) is 0 Å². The average Bonchev–Trinajstić information content (AvgIpc) is 3.22. The predicted molar refractivity (Wildman–Crippen MR) is 135 cm³/mol. The van der Waals surface area contributed by atoms with E-state index >= 15 is 0 Å². The fourth-order valence-electron chi connectivity index (χ4n) is 4.01. The van der Waals surface area contributed by atoms with E-state index in [4.69, 9.17) is 0 Å². The zero-order valence-electron chi connectivity index (χ0n) is 19.6. The minimum atomic E-state index is -5.70. The number of hydrogen-bond acceptors (Lipinski definition) is 7. The van der Waals surface area contributed by atoms with Gasteiger partial charge in [0.05, 0.1) is 22.1 Å². The molecule has 4 N–H and O–H groups in total. The Morgan fingerprint density at radius 2 is 2.00 bits per heavy atom. The maximum absolute atomic E-state index is 12.3. The van der Waals surface area contributed by atoms with E-state index in [1.807, 2.05) is 6.92 Å². The normalized spacial score (nSPS) is 24.1. The van der Waals surface area contributed by atoms with Gasteiger partial charge in [0.1, 0.15) is 0 Å². The van der Waals surface area contributed by atoms with Gasteiger partial charge in [-0.1, -0.05) is 24.3 Å². The lowest BCUT2D eigenvalue weighted by Gasteiger charge is -2.19. The minimum Gasteiger partial charge on any atom is -0.393 e. The van der Waals surface area contributed by atoms with Gasteiger partial charge in [0.15, 0.2) is 0 Å². The second kappa shape index (κ2) is 13.5. The van der Waals surface area contributed by atoms with Crippen LogP contribution < -0.4 is 4.72 Å². The third kappa shape index (κ3) is 9.25. The topological polar surface area (TPSA) is 124 Å². The first-order chi connectivity index (χ1) is 16.7. The molecule has 1 heterocycles. The minimum absolute atomic E-state index is 0.140. The highest BCUT2D eigenvalue weighted by atomic mass is 79.9. The molecule has 7 nitrogen and oxygen atoms in total. The molecular formula is C23H31BrF3NO6S2. The van der Waals surface area contributed by atoms with Crippen LogP contribution in [0, 0.1) is 18.8 Å². The van der Waals surface area contributed by atoms with Gasteiger partial charge < -0.3 is 15.3 Å². The first kappa shape index (κ1) is 31.0. The number of amides is 1. The van der Waals surface area contributed by atoms with Crippen LogP contribution in [-0.4, -0.2) is 53.5 Å². The van der Waals surface area contributed by atoms with Crippen molar-refractivity contribution < 1.29 is 41.7 Å². The van der Waals surface area contributed by atoms with Crippen LogP contribution in [-0.2, 0) is 21.2 Å². The number of allylic oxidation sites excluding steroid dienone is 2. The smallest absolute Gasteiger partial charge is 0.393 e. The molecule has 13 heteroatoms. The molecule has 1 saturated carbocycles. The van der Waals surface area contributed by atoms with Crippen molar-refractivity contribution in [1.82, 2.24) is 4.72 Å². The number of hydrogen-bond donors (Lipinski definition) is 4. The van der Waals surface area contributed by atoms with Gasteiger partial charge >= 0.3 is 15.5 Å². The number of aliphatic hydroxyl groups excluding tert-OH is 3. The number of nitrogens with one attached hydrogen (secondary N) is 1. The molecule has 0 saturated heterocycles. The van der Waals surface area contributed by atoms with Crippen LogP contribution in [0.3, 0.4) is 0 Å². The van der Waals surface area contributed by atoms with Crippen LogP contribution in [0.1, 0.15) is 49.0 Å². The molecule has 0 radical (unpaired) electrons. The number of sulfonamides is 1. The zero-order valence-corrected chi connectivity index (χ0v) is 22.8. The Balaban J connectivity index is 1.78. The van der Waals surface area contributed by atoms with Gasteiger partial charge in [0, 0.05) is 23.6 Å². The van der Waals surface area contributed by atoms with E-state index in [1.54, 1.807) is 35.6 Å². The maximum Gasteiger partial charge on any atom is 0.516 e.